The van der Waals surface area contributed by atoms with Crippen molar-refractivity contribution in [3.8, 4) is 11.5 Å². The van der Waals surface area contributed by atoms with Crippen molar-refractivity contribution in [2.24, 2.45) is 0 Å². The number of hydrogen-bond acceptors (Lipinski definition) is 3. The molecule has 1 aliphatic heterocycles. The van der Waals surface area contributed by atoms with E-state index < -0.39 is 5.79 Å². The Morgan fingerprint density at radius 2 is 2.00 bits per heavy atom. The minimum atomic E-state index is -0.673. The van der Waals surface area contributed by atoms with E-state index in [0.29, 0.717) is 17.1 Å². The van der Waals surface area contributed by atoms with Crippen LogP contribution in [0.3, 0.4) is 0 Å². The van der Waals surface area contributed by atoms with Gasteiger partial charge < -0.3 is 9.47 Å². The molecule has 0 amide bonds. The van der Waals surface area contributed by atoms with E-state index in [9.17, 15) is 4.79 Å². The Balaban J connectivity index is 2.52. The number of para-hydroxylation sites is 1. The van der Waals surface area contributed by atoms with Gasteiger partial charge in [-0.25, -0.2) is 0 Å². The maximum absolute atomic E-state index is 11.3. The first-order valence-corrected chi connectivity index (χ1v) is 4.51. The van der Waals surface area contributed by atoms with Crippen LogP contribution >= 0.6 is 0 Å². The normalized spacial score (nSPS) is 16.8. The minimum absolute atomic E-state index is 0.0110. The molecule has 0 spiro atoms. The van der Waals surface area contributed by atoms with Crippen LogP contribution in [0.15, 0.2) is 18.2 Å². The van der Waals surface area contributed by atoms with E-state index in [1.54, 1.807) is 18.2 Å². The van der Waals surface area contributed by atoms with Gasteiger partial charge in [0.25, 0.3) is 0 Å². The number of carbonyl (C=O) groups excluding carboxylic acids is 1. The molecule has 74 valence electrons. The van der Waals surface area contributed by atoms with Crippen molar-refractivity contribution in [2.45, 2.75) is 26.6 Å². The highest BCUT2D eigenvalue weighted by Crippen LogP contribution is 2.41. The topological polar surface area (TPSA) is 35.5 Å². The summed E-state index contributed by atoms with van der Waals surface area (Å²) in [6.07, 6.45) is 0. The van der Waals surface area contributed by atoms with Crippen molar-refractivity contribution in [3.63, 3.8) is 0 Å². The maximum Gasteiger partial charge on any atom is 0.246 e. The molecule has 1 aromatic carbocycles. The number of ether oxygens (including phenoxy) is 2. The van der Waals surface area contributed by atoms with E-state index >= 15 is 0 Å². The highest BCUT2D eigenvalue weighted by Gasteiger charge is 2.33. The molecule has 0 fully saturated rings. The number of fused-ring (bicyclic) bond motifs is 1. The van der Waals surface area contributed by atoms with Crippen molar-refractivity contribution in [2.75, 3.05) is 0 Å². The Bertz CT molecular complexity index is 394. The van der Waals surface area contributed by atoms with Crippen LogP contribution in [-0.2, 0) is 0 Å². The van der Waals surface area contributed by atoms with Gasteiger partial charge in [-0.15, -0.1) is 0 Å². The standard InChI is InChI=1S/C11H12O3/c1-7(12)8-5-4-6-9-10(8)14-11(2,3)13-9/h4-6H,1-3H3. The second-order valence-electron chi connectivity index (χ2n) is 3.79. The summed E-state index contributed by atoms with van der Waals surface area (Å²) in [4.78, 5) is 11.3. The van der Waals surface area contributed by atoms with Crippen LogP contribution in [0.1, 0.15) is 31.1 Å². The summed E-state index contributed by atoms with van der Waals surface area (Å²) < 4.78 is 11.1. The lowest BCUT2D eigenvalue weighted by Crippen LogP contribution is -2.30. The third kappa shape index (κ3) is 1.35. The Morgan fingerprint density at radius 1 is 1.29 bits per heavy atom. The smallest absolute Gasteiger partial charge is 0.246 e. The summed E-state index contributed by atoms with van der Waals surface area (Å²) in [5, 5.41) is 0. The first-order chi connectivity index (χ1) is 6.49. The van der Waals surface area contributed by atoms with E-state index in [1.807, 2.05) is 13.8 Å². The van der Waals surface area contributed by atoms with Crippen LogP contribution < -0.4 is 9.47 Å². The van der Waals surface area contributed by atoms with Crippen molar-refractivity contribution in [1.82, 2.24) is 0 Å². The average molecular weight is 192 g/mol. The highest BCUT2D eigenvalue weighted by atomic mass is 16.7. The fourth-order valence-corrected chi connectivity index (χ4v) is 1.51. The van der Waals surface area contributed by atoms with E-state index in [2.05, 4.69) is 0 Å². The third-order valence-electron chi connectivity index (χ3n) is 2.06. The molecule has 0 aliphatic carbocycles. The Hall–Kier alpha value is -1.51. The molecular formula is C11H12O3. The van der Waals surface area contributed by atoms with Gasteiger partial charge in [-0.05, 0) is 19.1 Å². The molecule has 3 nitrogen and oxygen atoms in total. The third-order valence-corrected chi connectivity index (χ3v) is 2.06. The summed E-state index contributed by atoms with van der Waals surface area (Å²) in [7, 11) is 0. The molecule has 0 radical (unpaired) electrons. The summed E-state index contributed by atoms with van der Waals surface area (Å²) in [6, 6.07) is 5.34. The van der Waals surface area contributed by atoms with Crippen molar-refractivity contribution >= 4 is 5.78 Å². The van der Waals surface area contributed by atoms with Crippen LogP contribution in [-0.4, -0.2) is 11.6 Å². The highest BCUT2D eigenvalue weighted by molar-refractivity contribution is 5.97. The Labute approximate surface area is 82.6 Å². The van der Waals surface area contributed by atoms with Gasteiger partial charge in [-0.1, -0.05) is 6.07 Å². The first-order valence-electron chi connectivity index (χ1n) is 4.51. The number of Topliss-reactive ketones (excluding diaryl/α,β-unsaturated/α-hetero) is 1. The molecule has 0 saturated carbocycles. The van der Waals surface area contributed by atoms with Gasteiger partial charge in [-0.3, -0.25) is 4.79 Å². The van der Waals surface area contributed by atoms with Gasteiger partial charge in [-0.2, -0.15) is 0 Å². The van der Waals surface area contributed by atoms with Crippen LogP contribution in [0.2, 0.25) is 0 Å². The van der Waals surface area contributed by atoms with E-state index in [4.69, 9.17) is 9.47 Å². The Kier molecular flexibility index (Phi) is 1.77. The fraction of sp³-hybridized carbons (Fsp3) is 0.364. The van der Waals surface area contributed by atoms with E-state index in [1.165, 1.54) is 6.92 Å². The van der Waals surface area contributed by atoms with Gasteiger partial charge in [0.1, 0.15) is 0 Å². The van der Waals surface area contributed by atoms with Crippen LogP contribution in [0.5, 0.6) is 11.5 Å². The van der Waals surface area contributed by atoms with Crippen molar-refractivity contribution in [1.29, 1.82) is 0 Å². The monoisotopic (exact) mass is 192 g/mol. The number of hydrogen-bond donors (Lipinski definition) is 0. The lowest BCUT2D eigenvalue weighted by molar-refractivity contribution is -0.0433. The van der Waals surface area contributed by atoms with Gasteiger partial charge in [0.2, 0.25) is 5.79 Å². The zero-order chi connectivity index (χ0) is 10.3. The van der Waals surface area contributed by atoms with Crippen molar-refractivity contribution in [3.05, 3.63) is 23.8 Å². The second kappa shape index (κ2) is 2.74. The first kappa shape index (κ1) is 9.06. The average Bonchev–Trinajstić information content (AvgIpc) is 2.36. The predicted octanol–water partition coefficient (Wildman–Crippen LogP) is 2.40. The summed E-state index contributed by atoms with van der Waals surface area (Å²) in [6.45, 7) is 5.15. The van der Waals surface area contributed by atoms with Crippen LogP contribution in [0.25, 0.3) is 0 Å². The Morgan fingerprint density at radius 3 is 2.64 bits per heavy atom. The van der Waals surface area contributed by atoms with Crippen LogP contribution in [0, 0.1) is 0 Å². The molecule has 1 aromatic rings. The summed E-state index contributed by atoms with van der Waals surface area (Å²) in [5.74, 6) is 0.518. The molecule has 0 aromatic heterocycles. The number of carbonyl (C=O) groups is 1. The molecule has 0 unspecified atom stereocenters. The molecule has 0 atom stereocenters. The lowest BCUT2D eigenvalue weighted by Gasteiger charge is -2.16. The maximum atomic E-state index is 11.3. The number of rotatable bonds is 1. The zero-order valence-electron chi connectivity index (χ0n) is 8.46. The molecule has 0 saturated heterocycles. The van der Waals surface area contributed by atoms with Gasteiger partial charge in [0.05, 0.1) is 5.56 Å². The number of benzene rings is 1. The summed E-state index contributed by atoms with van der Waals surface area (Å²) >= 11 is 0. The molecule has 0 N–H and O–H groups in total. The fourth-order valence-electron chi connectivity index (χ4n) is 1.51. The van der Waals surface area contributed by atoms with Gasteiger partial charge in [0, 0.05) is 13.8 Å². The van der Waals surface area contributed by atoms with Crippen molar-refractivity contribution < 1.29 is 14.3 Å². The quantitative estimate of drug-likeness (QED) is 0.641. The molecule has 1 heterocycles. The molecule has 0 bridgehead atoms. The van der Waals surface area contributed by atoms with Gasteiger partial charge >= 0.3 is 0 Å². The van der Waals surface area contributed by atoms with Gasteiger partial charge in [0.15, 0.2) is 17.3 Å². The largest absolute Gasteiger partial charge is 0.449 e. The summed E-state index contributed by atoms with van der Waals surface area (Å²) in [5.41, 5.74) is 0.577. The zero-order valence-corrected chi connectivity index (χ0v) is 8.46. The number of ketones is 1. The minimum Gasteiger partial charge on any atom is -0.449 e. The molecular weight excluding hydrogens is 180 g/mol. The molecule has 3 heteroatoms. The SMILES string of the molecule is CC(=O)c1cccc2c1OC(C)(C)O2. The predicted molar refractivity (Wildman–Crippen MR) is 51.8 cm³/mol. The van der Waals surface area contributed by atoms with E-state index in [0.717, 1.165) is 0 Å². The van der Waals surface area contributed by atoms with E-state index in [-0.39, 0.29) is 5.78 Å². The molecule has 2 rings (SSSR count). The van der Waals surface area contributed by atoms with Crippen LogP contribution in [0.4, 0.5) is 0 Å². The molecule has 14 heavy (non-hydrogen) atoms. The molecule has 1 aliphatic rings. The lowest BCUT2D eigenvalue weighted by atomic mass is 10.1. The second-order valence-corrected chi connectivity index (χ2v) is 3.79.